The number of ether oxygens (including phenoxy) is 1. The molecule has 33 heavy (non-hydrogen) atoms. The molecule has 1 unspecified atom stereocenters. The second-order valence-corrected chi connectivity index (χ2v) is 8.66. The van der Waals surface area contributed by atoms with Crippen LogP contribution in [-0.2, 0) is 17.8 Å². The maximum absolute atomic E-state index is 9.42. The van der Waals surface area contributed by atoms with E-state index in [1.165, 1.54) is 11.1 Å². The molecule has 6 nitrogen and oxygen atoms in total. The molecule has 0 saturated carbocycles. The highest BCUT2D eigenvalue weighted by molar-refractivity contribution is 14.0. The fourth-order valence-corrected chi connectivity index (χ4v) is 4.21. The highest BCUT2D eigenvalue weighted by Gasteiger charge is 2.34. The number of aliphatic imine (C=N–C) groups is 1. The molecule has 0 aromatic heterocycles. The van der Waals surface area contributed by atoms with Gasteiger partial charge in [0.05, 0.1) is 6.61 Å². The fraction of sp³-hybridized carbons (Fsp3) is 0.500. The lowest BCUT2D eigenvalue weighted by Gasteiger charge is -2.28. The normalized spacial score (nSPS) is 18.2. The van der Waals surface area contributed by atoms with Gasteiger partial charge in [0.25, 0.3) is 0 Å². The van der Waals surface area contributed by atoms with Crippen LogP contribution in [0.1, 0.15) is 30.4 Å². The summed E-state index contributed by atoms with van der Waals surface area (Å²) in [6.07, 6.45) is 2.75. The minimum Gasteiger partial charge on any atom is -0.396 e. The van der Waals surface area contributed by atoms with Crippen molar-refractivity contribution in [3.8, 4) is 0 Å². The molecule has 0 spiro atoms. The maximum Gasteiger partial charge on any atom is 0.190 e. The maximum atomic E-state index is 9.42. The van der Waals surface area contributed by atoms with E-state index >= 15 is 0 Å². The molecule has 1 fully saturated rings. The number of rotatable bonds is 12. The number of hydrogen-bond acceptors (Lipinski definition) is 4. The van der Waals surface area contributed by atoms with Crippen molar-refractivity contribution >= 4 is 29.9 Å². The number of nitrogens with one attached hydrogen (secondary N) is 2. The summed E-state index contributed by atoms with van der Waals surface area (Å²) in [6.45, 7) is 6.15. The van der Waals surface area contributed by atoms with Crippen LogP contribution in [0.5, 0.6) is 0 Å². The average Bonchev–Trinajstić information content (AvgIpc) is 3.29. The largest absolute Gasteiger partial charge is 0.396 e. The van der Waals surface area contributed by atoms with Gasteiger partial charge in [-0.25, -0.2) is 0 Å². The van der Waals surface area contributed by atoms with Crippen molar-refractivity contribution in [3.05, 3.63) is 71.8 Å². The van der Waals surface area contributed by atoms with Crippen LogP contribution in [0, 0.1) is 5.41 Å². The Labute approximate surface area is 215 Å². The first-order valence-electron chi connectivity index (χ1n) is 11.7. The van der Waals surface area contributed by atoms with E-state index in [1.807, 2.05) is 0 Å². The molecule has 1 saturated heterocycles. The summed E-state index contributed by atoms with van der Waals surface area (Å²) in [5.74, 6) is 0.812. The minimum absolute atomic E-state index is 0. The van der Waals surface area contributed by atoms with Crippen molar-refractivity contribution in [2.24, 2.45) is 10.4 Å². The number of aliphatic hydroxyl groups is 1. The number of benzene rings is 2. The predicted octanol–water partition coefficient (Wildman–Crippen LogP) is 3.65. The zero-order valence-electron chi connectivity index (χ0n) is 19.7. The van der Waals surface area contributed by atoms with Gasteiger partial charge in [-0.15, -0.1) is 24.0 Å². The van der Waals surface area contributed by atoms with Crippen molar-refractivity contribution in [2.45, 2.75) is 32.4 Å². The average molecular weight is 567 g/mol. The lowest BCUT2D eigenvalue weighted by atomic mass is 9.84. The first-order chi connectivity index (χ1) is 15.7. The van der Waals surface area contributed by atoms with Gasteiger partial charge in [0, 0.05) is 58.4 Å². The van der Waals surface area contributed by atoms with Crippen LogP contribution in [0.25, 0.3) is 0 Å². The molecule has 1 atom stereocenters. The van der Waals surface area contributed by atoms with Crippen LogP contribution in [0.4, 0.5) is 0 Å². The van der Waals surface area contributed by atoms with E-state index in [1.54, 1.807) is 7.05 Å². The summed E-state index contributed by atoms with van der Waals surface area (Å²) in [6, 6.07) is 21.3. The van der Waals surface area contributed by atoms with E-state index in [4.69, 9.17) is 4.74 Å². The highest BCUT2D eigenvalue weighted by atomic mass is 127. The van der Waals surface area contributed by atoms with Gasteiger partial charge in [-0.1, -0.05) is 60.7 Å². The first-order valence-corrected chi connectivity index (χ1v) is 11.7. The Morgan fingerprint density at radius 1 is 1.03 bits per heavy atom. The summed E-state index contributed by atoms with van der Waals surface area (Å²) < 4.78 is 5.58. The topological polar surface area (TPSA) is 69.1 Å². The van der Waals surface area contributed by atoms with Crippen molar-refractivity contribution < 1.29 is 9.84 Å². The standard InChI is InChI=1S/C26H38N4O2.HI/c1-27-25(29-21-26(13-17-31)14-18-32-22-26)28-15-8-16-30(19-23-9-4-2-5-10-23)20-24-11-6-3-7-12-24;/h2-7,9-12,31H,8,13-22H2,1H3,(H2,27,28,29);1H. The molecule has 0 amide bonds. The molecule has 1 aliphatic heterocycles. The SMILES string of the molecule is CN=C(NCCCN(Cc1ccccc1)Cc1ccccc1)NCC1(CCO)CCOC1.I. The number of halogens is 1. The monoisotopic (exact) mass is 566 g/mol. The van der Waals surface area contributed by atoms with E-state index in [-0.39, 0.29) is 36.0 Å². The van der Waals surface area contributed by atoms with Gasteiger partial charge in [0.15, 0.2) is 5.96 Å². The number of guanidine groups is 1. The van der Waals surface area contributed by atoms with Crippen LogP contribution in [-0.4, -0.2) is 62.5 Å². The van der Waals surface area contributed by atoms with Crippen LogP contribution in [0.2, 0.25) is 0 Å². The van der Waals surface area contributed by atoms with Crippen LogP contribution in [0.3, 0.4) is 0 Å². The van der Waals surface area contributed by atoms with Gasteiger partial charge in [-0.05, 0) is 30.4 Å². The summed E-state index contributed by atoms with van der Waals surface area (Å²) in [4.78, 5) is 6.86. The molecule has 0 bridgehead atoms. The number of nitrogens with zero attached hydrogens (tertiary/aromatic N) is 2. The Hall–Kier alpha value is -1.68. The van der Waals surface area contributed by atoms with E-state index in [9.17, 15) is 5.11 Å². The van der Waals surface area contributed by atoms with Gasteiger partial charge < -0.3 is 20.5 Å². The van der Waals surface area contributed by atoms with Crippen LogP contribution < -0.4 is 10.6 Å². The quantitative estimate of drug-likeness (QED) is 0.159. The second kappa shape index (κ2) is 15.3. The van der Waals surface area contributed by atoms with Crippen LogP contribution in [0.15, 0.2) is 65.7 Å². The smallest absolute Gasteiger partial charge is 0.190 e. The number of aliphatic hydroxyl groups excluding tert-OH is 1. The third kappa shape index (κ3) is 9.60. The summed E-state index contributed by atoms with van der Waals surface area (Å²) in [5.41, 5.74) is 2.68. The zero-order valence-corrected chi connectivity index (χ0v) is 22.0. The summed E-state index contributed by atoms with van der Waals surface area (Å²) in [5, 5.41) is 16.3. The Morgan fingerprint density at radius 3 is 2.18 bits per heavy atom. The Bertz CT molecular complexity index is 757. The fourth-order valence-electron chi connectivity index (χ4n) is 4.21. The van der Waals surface area contributed by atoms with Crippen molar-refractivity contribution in [3.63, 3.8) is 0 Å². The lowest BCUT2D eigenvalue weighted by molar-refractivity contribution is 0.127. The Morgan fingerprint density at radius 2 is 1.67 bits per heavy atom. The summed E-state index contributed by atoms with van der Waals surface area (Å²) in [7, 11) is 1.80. The van der Waals surface area contributed by atoms with E-state index < -0.39 is 0 Å². The van der Waals surface area contributed by atoms with Crippen molar-refractivity contribution in [2.75, 3.05) is 46.5 Å². The third-order valence-corrected chi connectivity index (χ3v) is 6.12. The minimum atomic E-state index is 0. The molecule has 3 rings (SSSR count). The zero-order chi connectivity index (χ0) is 22.5. The molecule has 2 aromatic rings. The molecule has 2 aromatic carbocycles. The Balaban J connectivity index is 0.00000385. The van der Waals surface area contributed by atoms with Crippen molar-refractivity contribution in [1.82, 2.24) is 15.5 Å². The molecular formula is C26H39IN4O2. The van der Waals surface area contributed by atoms with Gasteiger partial charge in [0.2, 0.25) is 0 Å². The Kier molecular flexibility index (Phi) is 12.8. The van der Waals surface area contributed by atoms with E-state index in [2.05, 4.69) is 81.2 Å². The third-order valence-electron chi connectivity index (χ3n) is 6.12. The van der Waals surface area contributed by atoms with Gasteiger partial charge in [-0.3, -0.25) is 9.89 Å². The van der Waals surface area contributed by atoms with Gasteiger partial charge >= 0.3 is 0 Å². The highest BCUT2D eigenvalue weighted by Crippen LogP contribution is 2.31. The molecule has 1 heterocycles. The second-order valence-electron chi connectivity index (χ2n) is 8.66. The molecule has 182 valence electrons. The first kappa shape index (κ1) is 27.6. The molecule has 3 N–H and O–H groups in total. The molecular weight excluding hydrogens is 527 g/mol. The van der Waals surface area contributed by atoms with E-state index in [0.717, 1.165) is 64.6 Å². The molecule has 1 aliphatic rings. The van der Waals surface area contributed by atoms with E-state index in [0.29, 0.717) is 6.61 Å². The molecule has 7 heteroatoms. The van der Waals surface area contributed by atoms with Gasteiger partial charge in [-0.2, -0.15) is 0 Å². The lowest BCUT2D eigenvalue weighted by Crippen LogP contribution is -2.45. The molecule has 0 aliphatic carbocycles. The molecule has 0 radical (unpaired) electrons. The number of hydrogen-bond donors (Lipinski definition) is 3. The summed E-state index contributed by atoms with van der Waals surface area (Å²) >= 11 is 0. The van der Waals surface area contributed by atoms with Gasteiger partial charge in [0.1, 0.15) is 0 Å². The van der Waals surface area contributed by atoms with Crippen LogP contribution >= 0.6 is 24.0 Å². The van der Waals surface area contributed by atoms with Crippen molar-refractivity contribution in [1.29, 1.82) is 0 Å². The predicted molar refractivity (Wildman–Crippen MR) is 146 cm³/mol.